The molecule has 0 unspecified atom stereocenters. The Morgan fingerprint density at radius 3 is 2.63 bits per heavy atom. The van der Waals surface area contributed by atoms with Crippen LogP contribution in [0.1, 0.15) is 16.1 Å². The lowest BCUT2D eigenvalue weighted by Crippen LogP contribution is -2.44. The highest BCUT2D eigenvalue weighted by molar-refractivity contribution is 7.12. The van der Waals surface area contributed by atoms with Gasteiger partial charge in [-0.3, -0.25) is 9.59 Å². The highest BCUT2D eigenvalue weighted by Crippen LogP contribution is 2.07. The van der Waals surface area contributed by atoms with E-state index in [-0.39, 0.29) is 18.9 Å². The summed E-state index contributed by atoms with van der Waals surface area (Å²) >= 11 is 1.28. The van der Waals surface area contributed by atoms with E-state index in [0.717, 1.165) is 0 Å². The Labute approximate surface area is 113 Å². The summed E-state index contributed by atoms with van der Waals surface area (Å²) in [5, 5.41) is 23.8. The second-order valence-electron chi connectivity index (χ2n) is 3.62. The van der Waals surface area contributed by atoms with Crippen LogP contribution in [-0.4, -0.2) is 47.2 Å². The number of aliphatic hydroxyl groups is 1. The minimum absolute atomic E-state index is 0.0547. The van der Waals surface area contributed by atoms with Crippen molar-refractivity contribution < 1.29 is 24.6 Å². The molecule has 4 N–H and O–H groups in total. The van der Waals surface area contributed by atoms with E-state index in [9.17, 15) is 14.4 Å². The highest BCUT2D eigenvalue weighted by atomic mass is 32.1. The van der Waals surface area contributed by atoms with Crippen molar-refractivity contribution in [2.24, 2.45) is 0 Å². The van der Waals surface area contributed by atoms with Gasteiger partial charge in [0.05, 0.1) is 11.5 Å². The molecule has 0 saturated carbocycles. The molecule has 0 aliphatic heterocycles. The van der Waals surface area contributed by atoms with Gasteiger partial charge in [0.15, 0.2) is 0 Å². The second kappa shape index (κ2) is 7.49. The normalized spacial score (nSPS) is 11.6. The molecular weight excluding hydrogens is 272 g/mol. The summed E-state index contributed by atoms with van der Waals surface area (Å²) in [6, 6.07) is 2.08. The Hall–Kier alpha value is -1.93. The molecule has 2 amide bonds. The van der Waals surface area contributed by atoms with E-state index in [1.807, 2.05) is 0 Å². The fourth-order valence-corrected chi connectivity index (χ4v) is 1.88. The monoisotopic (exact) mass is 286 g/mol. The fraction of sp³-hybridized carbons (Fsp3) is 0.364. The van der Waals surface area contributed by atoms with Gasteiger partial charge in [-0.15, -0.1) is 11.3 Å². The lowest BCUT2D eigenvalue weighted by molar-refractivity contribution is -0.142. The van der Waals surface area contributed by atoms with Gasteiger partial charge in [0.2, 0.25) is 5.91 Å². The maximum absolute atomic E-state index is 11.5. The molecule has 1 aromatic rings. The van der Waals surface area contributed by atoms with E-state index in [0.29, 0.717) is 4.88 Å². The van der Waals surface area contributed by atoms with Crippen molar-refractivity contribution in [3.05, 3.63) is 22.4 Å². The number of carbonyl (C=O) groups excluding carboxylic acids is 2. The number of carbonyl (C=O) groups is 3. The molecule has 1 rings (SSSR count). The summed E-state index contributed by atoms with van der Waals surface area (Å²) in [5.41, 5.74) is 0. The molecule has 19 heavy (non-hydrogen) atoms. The summed E-state index contributed by atoms with van der Waals surface area (Å²) in [6.45, 7) is -0.580. The zero-order valence-corrected chi connectivity index (χ0v) is 10.8. The molecule has 1 heterocycles. The van der Waals surface area contributed by atoms with Gasteiger partial charge in [-0.1, -0.05) is 6.07 Å². The summed E-state index contributed by atoms with van der Waals surface area (Å²) in [5.74, 6) is -2.13. The Bertz CT molecular complexity index is 446. The molecule has 7 nitrogen and oxygen atoms in total. The predicted molar refractivity (Wildman–Crippen MR) is 67.9 cm³/mol. The molecule has 104 valence electrons. The van der Waals surface area contributed by atoms with Gasteiger partial charge in [0, 0.05) is 13.0 Å². The molecule has 8 heteroatoms. The number of thiophene rings is 1. The third kappa shape index (κ3) is 5.06. The zero-order valence-electron chi connectivity index (χ0n) is 9.96. The number of rotatable bonds is 7. The number of hydrogen-bond donors (Lipinski definition) is 4. The van der Waals surface area contributed by atoms with Crippen molar-refractivity contribution in [1.29, 1.82) is 0 Å². The Morgan fingerprint density at radius 2 is 2.11 bits per heavy atom. The third-order valence-corrected chi connectivity index (χ3v) is 3.07. The van der Waals surface area contributed by atoms with Crippen LogP contribution >= 0.6 is 11.3 Å². The number of amides is 2. The van der Waals surface area contributed by atoms with Crippen molar-refractivity contribution in [1.82, 2.24) is 10.6 Å². The van der Waals surface area contributed by atoms with E-state index in [2.05, 4.69) is 10.6 Å². The van der Waals surface area contributed by atoms with Crippen LogP contribution in [0.25, 0.3) is 0 Å². The van der Waals surface area contributed by atoms with Crippen LogP contribution in [0.15, 0.2) is 17.5 Å². The van der Waals surface area contributed by atoms with Gasteiger partial charge in [0.1, 0.15) is 6.04 Å². The van der Waals surface area contributed by atoms with Crippen LogP contribution in [-0.2, 0) is 9.59 Å². The Balaban J connectivity index is 2.27. The molecular formula is C11H14N2O5S. The highest BCUT2D eigenvalue weighted by Gasteiger charge is 2.18. The predicted octanol–water partition coefficient (Wildman–Crippen LogP) is -0.570. The van der Waals surface area contributed by atoms with E-state index in [1.165, 1.54) is 11.3 Å². The first-order valence-corrected chi connectivity index (χ1v) is 6.37. The largest absolute Gasteiger partial charge is 0.480 e. The number of aliphatic hydroxyl groups excluding tert-OH is 1. The summed E-state index contributed by atoms with van der Waals surface area (Å²) in [4.78, 5) is 34.0. The minimum Gasteiger partial charge on any atom is -0.480 e. The molecule has 1 aromatic heterocycles. The topological polar surface area (TPSA) is 116 Å². The third-order valence-electron chi connectivity index (χ3n) is 2.20. The molecule has 1 atom stereocenters. The lowest BCUT2D eigenvalue weighted by Gasteiger charge is -2.11. The molecule has 0 fully saturated rings. The Kier molecular flexibility index (Phi) is 5.97. The van der Waals surface area contributed by atoms with E-state index < -0.39 is 24.5 Å². The lowest BCUT2D eigenvalue weighted by atomic mass is 10.3. The van der Waals surface area contributed by atoms with Crippen molar-refractivity contribution in [3.8, 4) is 0 Å². The molecule has 0 spiro atoms. The van der Waals surface area contributed by atoms with Gasteiger partial charge in [-0.05, 0) is 11.4 Å². The summed E-state index contributed by atoms with van der Waals surface area (Å²) in [6.07, 6.45) is -0.0547. The molecule has 0 radical (unpaired) electrons. The quantitative estimate of drug-likeness (QED) is 0.536. The summed E-state index contributed by atoms with van der Waals surface area (Å²) < 4.78 is 0. The van der Waals surface area contributed by atoms with Crippen LogP contribution < -0.4 is 10.6 Å². The van der Waals surface area contributed by atoms with Crippen LogP contribution in [0.5, 0.6) is 0 Å². The molecule has 0 bridgehead atoms. The van der Waals surface area contributed by atoms with Gasteiger partial charge >= 0.3 is 5.97 Å². The van der Waals surface area contributed by atoms with Crippen LogP contribution in [0.2, 0.25) is 0 Å². The van der Waals surface area contributed by atoms with Crippen molar-refractivity contribution in [3.63, 3.8) is 0 Å². The molecule has 0 aromatic carbocycles. The smallest absolute Gasteiger partial charge is 0.328 e. The Morgan fingerprint density at radius 1 is 1.37 bits per heavy atom. The van der Waals surface area contributed by atoms with Crippen LogP contribution in [0.3, 0.4) is 0 Å². The standard InChI is InChI=1S/C11H14N2O5S/c14-6-7(11(17)18)13-9(15)3-4-12-10(16)8-2-1-5-19-8/h1-2,5,7,14H,3-4,6H2,(H,12,16)(H,13,15)(H,17,18)/t7-/m0/s1. The number of carboxylic acids is 1. The molecule has 0 aliphatic carbocycles. The number of nitrogens with one attached hydrogen (secondary N) is 2. The minimum atomic E-state index is -1.32. The number of aliphatic carboxylic acids is 1. The first-order valence-electron chi connectivity index (χ1n) is 5.49. The first-order chi connectivity index (χ1) is 9.04. The maximum atomic E-state index is 11.5. The van der Waals surface area contributed by atoms with Gasteiger partial charge in [-0.25, -0.2) is 4.79 Å². The zero-order chi connectivity index (χ0) is 14.3. The van der Waals surface area contributed by atoms with E-state index >= 15 is 0 Å². The van der Waals surface area contributed by atoms with E-state index in [4.69, 9.17) is 10.2 Å². The number of carboxylic acid groups (broad SMARTS) is 1. The average Bonchev–Trinajstić information content (AvgIpc) is 2.89. The number of hydrogen-bond acceptors (Lipinski definition) is 5. The van der Waals surface area contributed by atoms with Crippen molar-refractivity contribution >= 4 is 29.1 Å². The van der Waals surface area contributed by atoms with E-state index in [1.54, 1.807) is 17.5 Å². The fourth-order valence-electron chi connectivity index (χ4n) is 1.24. The first kappa shape index (κ1) is 15.1. The van der Waals surface area contributed by atoms with Gasteiger partial charge in [-0.2, -0.15) is 0 Å². The van der Waals surface area contributed by atoms with Gasteiger partial charge < -0.3 is 20.8 Å². The second-order valence-corrected chi connectivity index (χ2v) is 4.57. The molecule has 0 saturated heterocycles. The average molecular weight is 286 g/mol. The van der Waals surface area contributed by atoms with Crippen molar-refractivity contribution in [2.45, 2.75) is 12.5 Å². The van der Waals surface area contributed by atoms with Crippen LogP contribution in [0, 0.1) is 0 Å². The van der Waals surface area contributed by atoms with Crippen LogP contribution in [0.4, 0.5) is 0 Å². The van der Waals surface area contributed by atoms with Gasteiger partial charge in [0.25, 0.3) is 5.91 Å². The molecule has 0 aliphatic rings. The van der Waals surface area contributed by atoms with Crippen molar-refractivity contribution in [2.75, 3.05) is 13.2 Å². The summed E-state index contributed by atoms with van der Waals surface area (Å²) in [7, 11) is 0. The maximum Gasteiger partial charge on any atom is 0.328 e. The SMILES string of the molecule is O=C(CCNC(=O)c1cccs1)N[C@@H](CO)C(=O)O.